The van der Waals surface area contributed by atoms with Gasteiger partial charge in [-0.2, -0.15) is 0 Å². The van der Waals surface area contributed by atoms with E-state index >= 15 is 0 Å². The Bertz CT molecular complexity index is 697. The van der Waals surface area contributed by atoms with Gasteiger partial charge >= 0.3 is 0 Å². The molecule has 0 aliphatic heterocycles. The summed E-state index contributed by atoms with van der Waals surface area (Å²) in [6.45, 7) is 0.143. The molecule has 0 bridgehead atoms. The third-order valence-electron chi connectivity index (χ3n) is 2.49. The Morgan fingerprint density at radius 2 is 2.35 bits per heavy atom. The number of hydrogen-bond acceptors (Lipinski definition) is 3. The van der Waals surface area contributed by atoms with Crippen molar-refractivity contribution < 1.29 is 9.18 Å². The van der Waals surface area contributed by atoms with E-state index in [0.717, 1.165) is 0 Å². The number of nitrogens with two attached hydrogens (primary N) is 1. The highest BCUT2D eigenvalue weighted by Crippen LogP contribution is 2.14. The molecule has 6 heteroatoms. The molecule has 0 spiro atoms. The van der Waals surface area contributed by atoms with E-state index in [-0.39, 0.29) is 23.7 Å². The van der Waals surface area contributed by atoms with Crippen LogP contribution >= 0.6 is 0 Å². The summed E-state index contributed by atoms with van der Waals surface area (Å²) in [6.07, 6.45) is 3.12. The number of benzene rings is 1. The van der Waals surface area contributed by atoms with Crippen LogP contribution in [0.5, 0.6) is 0 Å². The second-order valence-corrected chi connectivity index (χ2v) is 4.08. The number of anilines is 1. The summed E-state index contributed by atoms with van der Waals surface area (Å²) in [6, 6.07) is 4.16. The molecule has 1 heterocycles. The standard InChI is InChI=1S/C14H13FN4O/c1-19-8-13(17-9-19)14(20)18-11-4-5-12(15)10(7-11)3-2-6-16/h4-5,7-9H,6,16H2,1H3,(H,18,20). The Labute approximate surface area is 115 Å². The number of nitrogens with zero attached hydrogens (tertiary/aromatic N) is 2. The first-order valence-electron chi connectivity index (χ1n) is 5.88. The van der Waals surface area contributed by atoms with Gasteiger partial charge in [-0.15, -0.1) is 0 Å². The minimum atomic E-state index is -0.457. The lowest BCUT2D eigenvalue weighted by Crippen LogP contribution is -2.12. The molecule has 0 atom stereocenters. The molecule has 0 aliphatic rings. The molecule has 1 aromatic heterocycles. The van der Waals surface area contributed by atoms with Gasteiger partial charge in [-0.1, -0.05) is 11.8 Å². The monoisotopic (exact) mass is 272 g/mol. The fourth-order valence-electron chi connectivity index (χ4n) is 1.57. The zero-order valence-corrected chi connectivity index (χ0v) is 10.9. The average molecular weight is 272 g/mol. The van der Waals surface area contributed by atoms with Gasteiger partial charge in [-0.05, 0) is 18.2 Å². The van der Waals surface area contributed by atoms with Crippen LogP contribution in [0.15, 0.2) is 30.7 Å². The Morgan fingerprint density at radius 3 is 3.00 bits per heavy atom. The van der Waals surface area contributed by atoms with Crippen molar-refractivity contribution >= 4 is 11.6 Å². The fraction of sp³-hybridized carbons (Fsp3) is 0.143. The van der Waals surface area contributed by atoms with Crippen LogP contribution in [-0.4, -0.2) is 22.0 Å². The second kappa shape index (κ2) is 5.99. The Morgan fingerprint density at radius 1 is 1.55 bits per heavy atom. The number of rotatable bonds is 2. The van der Waals surface area contributed by atoms with Crippen LogP contribution in [0.4, 0.5) is 10.1 Å². The molecule has 102 valence electrons. The van der Waals surface area contributed by atoms with Crippen molar-refractivity contribution in [1.82, 2.24) is 9.55 Å². The lowest BCUT2D eigenvalue weighted by atomic mass is 10.2. The van der Waals surface area contributed by atoms with Gasteiger partial charge in [0.15, 0.2) is 0 Å². The van der Waals surface area contributed by atoms with E-state index in [1.807, 2.05) is 0 Å². The van der Waals surface area contributed by atoms with Gasteiger partial charge in [-0.25, -0.2) is 9.37 Å². The summed E-state index contributed by atoms with van der Waals surface area (Å²) < 4.78 is 15.1. The summed E-state index contributed by atoms with van der Waals surface area (Å²) in [5, 5.41) is 2.64. The van der Waals surface area contributed by atoms with Crippen LogP contribution in [0.2, 0.25) is 0 Å². The van der Waals surface area contributed by atoms with Crippen LogP contribution in [-0.2, 0) is 7.05 Å². The number of hydrogen-bond donors (Lipinski definition) is 2. The van der Waals surface area contributed by atoms with E-state index < -0.39 is 5.82 Å². The predicted molar refractivity (Wildman–Crippen MR) is 73.5 cm³/mol. The van der Waals surface area contributed by atoms with Gasteiger partial charge in [-0.3, -0.25) is 4.79 Å². The molecule has 1 aromatic carbocycles. The number of halogens is 1. The SMILES string of the molecule is Cn1cnc(C(=O)Nc2ccc(F)c(C#CCN)c2)c1. The van der Waals surface area contributed by atoms with Gasteiger partial charge in [0, 0.05) is 18.9 Å². The third kappa shape index (κ3) is 3.22. The average Bonchev–Trinajstić information content (AvgIpc) is 2.86. The first kappa shape index (κ1) is 13.8. The van der Waals surface area contributed by atoms with Crippen molar-refractivity contribution in [3.05, 3.63) is 47.8 Å². The maximum Gasteiger partial charge on any atom is 0.275 e. The lowest BCUT2D eigenvalue weighted by molar-refractivity contribution is 0.102. The van der Waals surface area contributed by atoms with Crippen molar-refractivity contribution in [3.63, 3.8) is 0 Å². The van der Waals surface area contributed by atoms with Gasteiger partial charge in [0.2, 0.25) is 0 Å². The molecule has 3 N–H and O–H groups in total. The number of aromatic nitrogens is 2. The molecule has 0 saturated heterocycles. The number of carbonyl (C=O) groups excluding carboxylic acids is 1. The van der Waals surface area contributed by atoms with Gasteiger partial charge in [0.25, 0.3) is 5.91 Å². The predicted octanol–water partition coefficient (Wildman–Crippen LogP) is 1.12. The summed E-state index contributed by atoms with van der Waals surface area (Å²) in [7, 11) is 1.77. The van der Waals surface area contributed by atoms with Crippen molar-refractivity contribution in [2.45, 2.75) is 0 Å². The Kier molecular flexibility index (Phi) is 4.13. The van der Waals surface area contributed by atoms with Crippen molar-refractivity contribution in [1.29, 1.82) is 0 Å². The maximum atomic E-state index is 13.5. The van der Waals surface area contributed by atoms with Crippen LogP contribution in [0, 0.1) is 17.7 Å². The van der Waals surface area contributed by atoms with Gasteiger partial charge in [0.05, 0.1) is 18.4 Å². The molecule has 0 radical (unpaired) electrons. The minimum Gasteiger partial charge on any atom is -0.340 e. The van der Waals surface area contributed by atoms with Crippen molar-refractivity contribution in [2.24, 2.45) is 12.8 Å². The summed E-state index contributed by atoms with van der Waals surface area (Å²) in [5.41, 5.74) is 6.17. The summed E-state index contributed by atoms with van der Waals surface area (Å²) >= 11 is 0. The first-order valence-corrected chi connectivity index (χ1v) is 5.88. The highest BCUT2D eigenvalue weighted by molar-refractivity contribution is 6.02. The quantitative estimate of drug-likeness (QED) is 0.805. The Balaban J connectivity index is 2.19. The number of aryl methyl sites for hydroxylation is 1. The second-order valence-electron chi connectivity index (χ2n) is 4.08. The maximum absolute atomic E-state index is 13.5. The van der Waals surface area contributed by atoms with E-state index in [0.29, 0.717) is 5.69 Å². The summed E-state index contributed by atoms with van der Waals surface area (Å²) in [5.74, 6) is 4.36. The number of nitrogens with one attached hydrogen (secondary N) is 1. The van der Waals surface area contributed by atoms with Crippen LogP contribution in [0.1, 0.15) is 16.1 Å². The molecule has 2 rings (SSSR count). The van der Waals surface area contributed by atoms with Gasteiger partial charge < -0.3 is 15.6 Å². The molecule has 0 fully saturated rings. The minimum absolute atomic E-state index is 0.143. The summed E-state index contributed by atoms with van der Waals surface area (Å²) in [4.78, 5) is 15.8. The topological polar surface area (TPSA) is 72.9 Å². The highest BCUT2D eigenvalue weighted by Gasteiger charge is 2.10. The Hall–Kier alpha value is -2.65. The normalized spacial score (nSPS) is 9.75. The molecule has 0 unspecified atom stereocenters. The largest absolute Gasteiger partial charge is 0.340 e. The number of amides is 1. The molecule has 2 aromatic rings. The smallest absolute Gasteiger partial charge is 0.275 e. The van der Waals surface area contributed by atoms with Gasteiger partial charge in [0.1, 0.15) is 11.5 Å². The fourth-order valence-corrected chi connectivity index (χ4v) is 1.57. The molecule has 0 aliphatic carbocycles. The van der Waals surface area contributed by atoms with E-state index in [2.05, 4.69) is 22.1 Å². The lowest BCUT2D eigenvalue weighted by Gasteiger charge is -2.04. The van der Waals surface area contributed by atoms with Crippen molar-refractivity contribution in [3.8, 4) is 11.8 Å². The van der Waals surface area contributed by atoms with E-state index in [1.165, 1.54) is 24.5 Å². The van der Waals surface area contributed by atoms with Crippen molar-refractivity contribution in [2.75, 3.05) is 11.9 Å². The molecular weight excluding hydrogens is 259 g/mol. The first-order chi connectivity index (χ1) is 9.60. The molecule has 1 amide bonds. The third-order valence-corrected chi connectivity index (χ3v) is 2.49. The number of imidazole rings is 1. The van der Waals surface area contributed by atoms with E-state index in [9.17, 15) is 9.18 Å². The number of carbonyl (C=O) groups is 1. The van der Waals surface area contributed by atoms with E-state index in [4.69, 9.17) is 5.73 Å². The van der Waals surface area contributed by atoms with Crippen LogP contribution in [0.25, 0.3) is 0 Å². The molecular formula is C14H13FN4O. The van der Waals surface area contributed by atoms with Crippen LogP contribution in [0.3, 0.4) is 0 Å². The highest BCUT2D eigenvalue weighted by atomic mass is 19.1. The van der Waals surface area contributed by atoms with Crippen LogP contribution < -0.4 is 11.1 Å². The zero-order chi connectivity index (χ0) is 14.5. The zero-order valence-electron chi connectivity index (χ0n) is 10.9. The molecule has 0 saturated carbocycles. The molecule has 20 heavy (non-hydrogen) atoms. The molecule has 5 nitrogen and oxygen atoms in total. The van der Waals surface area contributed by atoms with E-state index in [1.54, 1.807) is 17.8 Å².